The number of nitrogens with zero attached hydrogens (tertiary/aromatic N) is 4. The Morgan fingerprint density at radius 2 is 1.46 bits per heavy atom. The van der Waals surface area contributed by atoms with Crippen molar-refractivity contribution in [2.24, 2.45) is 5.92 Å². The number of amides is 4. The van der Waals surface area contributed by atoms with Crippen LogP contribution in [0.3, 0.4) is 0 Å². The highest BCUT2D eigenvalue weighted by molar-refractivity contribution is 5.93. The molecule has 0 spiro atoms. The Hall–Kier alpha value is -4.89. The topological polar surface area (TPSA) is 156 Å². The molecule has 6 atom stereocenters. The molecule has 0 saturated carbocycles. The van der Waals surface area contributed by atoms with Gasteiger partial charge in [0, 0.05) is 48.7 Å². The minimum atomic E-state index is -0.721. The highest BCUT2D eigenvalue weighted by atomic mass is 19.1. The smallest absolute Gasteiger partial charge is 0.245 e. The first-order valence-corrected chi connectivity index (χ1v) is 20.3. The lowest BCUT2D eigenvalue weighted by Gasteiger charge is -2.32. The molecule has 2 aromatic carbocycles. The van der Waals surface area contributed by atoms with E-state index in [9.17, 15) is 28.0 Å². The number of halogens is 2. The van der Waals surface area contributed by atoms with Gasteiger partial charge >= 0.3 is 0 Å². The number of nitrogens with one attached hydrogen (secondary N) is 5. The van der Waals surface area contributed by atoms with Gasteiger partial charge in [-0.2, -0.15) is 0 Å². The van der Waals surface area contributed by atoms with E-state index >= 15 is 0 Å². The van der Waals surface area contributed by atoms with Crippen LogP contribution < -0.4 is 21.3 Å². The van der Waals surface area contributed by atoms with Gasteiger partial charge in [-0.05, 0) is 108 Å². The van der Waals surface area contributed by atoms with Crippen molar-refractivity contribution in [1.29, 1.82) is 0 Å². The Bertz CT molecular complexity index is 2120. The van der Waals surface area contributed by atoms with Crippen LogP contribution in [0.25, 0.3) is 33.5 Å². The summed E-state index contributed by atoms with van der Waals surface area (Å²) in [5, 5.41) is 12.5. The van der Waals surface area contributed by atoms with Crippen molar-refractivity contribution < 1.29 is 28.0 Å². The summed E-state index contributed by atoms with van der Waals surface area (Å²) >= 11 is 0. The molecule has 4 aromatic rings. The van der Waals surface area contributed by atoms with E-state index in [0.717, 1.165) is 30.2 Å². The molecule has 2 aromatic heterocycles. The second-order valence-corrected chi connectivity index (χ2v) is 15.9. The molecule has 15 heteroatoms. The zero-order chi connectivity index (χ0) is 41.1. The molecule has 0 radical (unpaired) electrons. The molecular weight excluding hydrogens is 733 g/mol. The fourth-order valence-electron chi connectivity index (χ4n) is 8.28. The van der Waals surface area contributed by atoms with Crippen LogP contribution >= 0.6 is 0 Å². The van der Waals surface area contributed by atoms with Gasteiger partial charge in [-0.1, -0.05) is 20.8 Å². The van der Waals surface area contributed by atoms with Crippen LogP contribution in [0.4, 0.5) is 8.78 Å². The van der Waals surface area contributed by atoms with E-state index in [4.69, 9.17) is 4.98 Å². The van der Waals surface area contributed by atoms with E-state index in [0.29, 0.717) is 67.0 Å². The van der Waals surface area contributed by atoms with E-state index in [1.165, 1.54) is 24.3 Å². The van der Waals surface area contributed by atoms with E-state index in [2.05, 4.69) is 26.3 Å². The fourth-order valence-corrected chi connectivity index (χ4v) is 8.28. The van der Waals surface area contributed by atoms with Crippen LogP contribution in [-0.4, -0.2) is 111 Å². The van der Waals surface area contributed by atoms with Crippen molar-refractivity contribution in [3.63, 3.8) is 0 Å². The number of carbonyl (C=O) groups excluding carboxylic acids is 4. The highest BCUT2D eigenvalue weighted by Gasteiger charge is 2.38. The molecule has 308 valence electrons. The summed E-state index contributed by atoms with van der Waals surface area (Å²) in [6, 6.07) is 6.24. The standard InChI is InChI=1S/C42H57F2N9O4/c1-8-32(49-39(54)24(4)45-6)41(56)51-17-9-11-28(51)21-31-30-15-13-26(43)19-33(30)47-37(31)38-48-34-20-27(44)14-16-35(34)53(38)22-29-12-10-18-52(29)42(57)36(23(2)3)50-40(55)25(5)46-7/h13-16,19-20,23-25,28-29,32,36,45-47H,8-12,17-18,21-22H2,1-7H3,(H,49,54)(H,50,55)/t24-,25-,28-,29-,32-,36-/m0/s1. The molecule has 2 saturated heterocycles. The minimum absolute atomic E-state index is 0.144. The maximum absolute atomic E-state index is 14.8. The number of hydrogen-bond acceptors (Lipinski definition) is 7. The summed E-state index contributed by atoms with van der Waals surface area (Å²) in [5.74, 6) is -1.31. The molecule has 5 N–H and O–H groups in total. The van der Waals surface area contributed by atoms with Crippen LogP contribution in [-0.2, 0) is 32.1 Å². The van der Waals surface area contributed by atoms with Crippen molar-refractivity contribution in [3.05, 3.63) is 53.6 Å². The molecule has 4 heterocycles. The van der Waals surface area contributed by atoms with Crippen LogP contribution in [0.2, 0.25) is 0 Å². The van der Waals surface area contributed by atoms with Crippen LogP contribution in [0, 0.1) is 17.6 Å². The molecule has 4 amide bonds. The Morgan fingerprint density at radius 1 is 0.842 bits per heavy atom. The number of aromatic amines is 1. The number of H-pyrrole nitrogens is 1. The number of rotatable bonds is 15. The SMILES string of the molecule is CC[C@H](NC(=O)[C@H](C)NC)C(=O)N1CCC[C@H]1Cc1c(-c2nc3cc(F)ccc3n2C[C@@H]2CCCN2C(=O)[C@@H](NC(=O)[C@H](C)NC)C(C)C)[nH]c2cc(F)ccc12. The van der Waals surface area contributed by atoms with E-state index in [1.54, 1.807) is 40.1 Å². The van der Waals surface area contributed by atoms with Gasteiger partial charge in [0.05, 0.1) is 28.8 Å². The summed E-state index contributed by atoms with van der Waals surface area (Å²) < 4.78 is 31.5. The van der Waals surface area contributed by atoms with Gasteiger partial charge in [0.1, 0.15) is 23.7 Å². The number of benzene rings is 2. The summed E-state index contributed by atoms with van der Waals surface area (Å²) in [4.78, 5) is 66.0. The third-order valence-electron chi connectivity index (χ3n) is 11.9. The van der Waals surface area contributed by atoms with Gasteiger partial charge in [-0.15, -0.1) is 0 Å². The van der Waals surface area contributed by atoms with Gasteiger partial charge in [-0.25, -0.2) is 13.8 Å². The first-order valence-electron chi connectivity index (χ1n) is 20.3. The Balaban J connectivity index is 1.38. The zero-order valence-corrected chi connectivity index (χ0v) is 34.0. The normalized spacial score (nSPS) is 19.3. The van der Waals surface area contributed by atoms with E-state index in [-0.39, 0.29) is 41.6 Å². The molecule has 6 rings (SSSR count). The monoisotopic (exact) mass is 789 g/mol. The maximum Gasteiger partial charge on any atom is 0.245 e. The summed E-state index contributed by atoms with van der Waals surface area (Å²) in [7, 11) is 3.39. The van der Waals surface area contributed by atoms with E-state index in [1.807, 2.05) is 35.1 Å². The highest BCUT2D eigenvalue weighted by Crippen LogP contribution is 2.37. The first-order chi connectivity index (χ1) is 27.3. The number of likely N-dealkylation sites (tertiary alicyclic amines) is 2. The molecule has 0 aliphatic carbocycles. The van der Waals surface area contributed by atoms with Crippen LogP contribution in [0.5, 0.6) is 0 Å². The number of carbonyl (C=O) groups is 4. The third kappa shape index (κ3) is 8.69. The molecule has 0 unspecified atom stereocenters. The summed E-state index contributed by atoms with van der Waals surface area (Å²) in [6.07, 6.45) is 3.86. The van der Waals surface area contributed by atoms with Gasteiger partial charge in [-0.3, -0.25) is 19.2 Å². The van der Waals surface area contributed by atoms with Gasteiger partial charge in [0.15, 0.2) is 5.82 Å². The van der Waals surface area contributed by atoms with Gasteiger partial charge < -0.3 is 40.6 Å². The van der Waals surface area contributed by atoms with Gasteiger partial charge in [0.25, 0.3) is 0 Å². The number of aromatic nitrogens is 3. The van der Waals surface area contributed by atoms with Crippen molar-refractivity contribution in [2.45, 2.75) is 116 Å². The van der Waals surface area contributed by atoms with Crippen molar-refractivity contribution in [1.82, 2.24) is 45.6 Å². The lowest BCUT2D eigenvalue weighted by atomic mass is 9.99. The van der Waals surface area contributed by atoms with Crippen molar-refractivity contribution in [3.8, 4) is 11.5 Å². The molecule has 2 fully saturated rings. The average molecular weight is 790 g/mol. The second kappa shape index (κ2) is 17.7. The average Bonchev–Trinajstić information content (AvgIpc) is 4.00. The quantitative estimate of drug-likeness (QED) is 0.121. The lowest BCUT2D eigenvalue weighted by molar-refractivity contribution is -0.139. The zero-order valence-electron chi connectivity index (χ0n) is 34.0. The Labute approximate surface area is 332 Å². The predicted octanol–water partition coefficient (Wildman–Crippen LogP) is 4.24. The number of likely N-dealkylation sites (N-methyl/N-ethyl adjacent to an activating group) is 2. The molecule has 0 bridgehead atoms. The summed E-state index contributed by atoms with van der Waals surface area (Å²) in [5.41, 5.74) is 3.13. The van der Waals surface area contributed by atoms with Crippen molar-refractivity contribution in [2.75, 3.05) is 27.2 Å². The van der Waals surface area contributed by atoms with E-state index < -0.39 is 35.8 Å². The minimum Gasteiger partial charge on any atom is -0.352 e. The number of fused-ring (bicyclic) bond motifs is 2. The molecule has 13 nitrogen and oxygen atoms in total. The molecule has 2 aliphatic heterocycles. The number of hydrogen-bond donors (Lipinski definition) is 5. The predicted molar refractivity (Wildman–Crippen MR) is 216 cm³/mol. The largest absolute Gasteiger partial charge is 0.352 e. The van der Waals surface area contributed by atoms with Crippen molar-refractivity contribution >= 4 is 45.6 Å². The Kier molecular flexibility index (Phi) is 13.0. The lowest BCUT2D eigenvalue weighted by Crippen LogP contribution is -2.55. The fraction of sp³-hybridized carbons (Fsp3) is 0.548. The van der Waals surface area contributed by atoms with Gasteiger partial charge in [0.2, 0.25) is 23.6 Å². The molecular formula is C42H57F2N9O4. The maximum atomic E-state index is 14.8. The third-order valence-corrected chi connectivity index (χ3v) is 11.9. The Morgan fingerprint density at radius 3 is 2.11 bits per heavy atom. The first kappa shape index (κ1) is 41.7. The second-order valence-electron chi connectivity index (χ2n) is 15.9. The molecule has 2 aliphatic rings. The number of imidazole rings is 1. The molecule has 57 heavy (non-hydrogen) atoms. The van der Waals surface area contributed by atoms with Crippen LogP contribution in [0.15, 0.2) is 36.4 Å². The summed E-state index contributed by atoms with van der Waals surface area (Å²) in [6.45, 7) is 10.6. The van der Waals surface area contributed by atoms with Crippen LogP contribution in [0.1, 0.15) is 72.3 Å².